The third-order valence-corrected chi connectivity index (χ3v) is 4.43. The summed E-state index contributed by atoms with van der Waals surface area (Å²) in [7, 11) is 0. The van der Waals surface area contributed by atoms with Gasteiger partial charge in [0.1, 0.15) is 0 Å². The summed E-state index contributed by atoms with van der Waals surface area (Å²) in [6.45, 7) is 1.33. The second kappa shape index (κ2) is 8.14. The van der Waals surface area contributed by atoms with Gasteiger partial charge in [-0.05, 0) is 37.1 Å². The number of aromatic nitrogens is 1. The van der Waals surface area contributed by atoms with Gasteiger partial charge in [0.15, 0.2) is 0 Å². The number of nitrogens with zero attached hydrogens (tertiary/aromatic N) is 1. The van der Waals surface area contributed by atoms with Crippen LogP contribution in [0.1, 0.15) is 28.8 Å². The van der Waals surface area contributed by atoms with E-state index in [1.54, 1.807) is 12.3 Å². The SMILES string of the molecule is O=C(Nc1cc(C(F)(F)F)ccc1Cl)c1cncc(NCC2CCCO2)c1. The van der Waals surface area contributed by atoms with Crippen LogP contribution in [0.3, 0.4) is 0 Å². The fourth-order valence-electron chi connectivity index (χ4n) is 2.69. The van der Waals surface area contributed by atoms with Crippen LogP contribution >= 0.6 is 11.6 Å². The van der Waals surface area contributed by atoms with Crippen molar-refractivity contribution >= 4 is 28.9 Å². The second-order valence-corrected chi connectivity index (χ2v) is 6.53. The Labute approximate surface area is 158 Å². The molecule has 1 saturated heterocycles. The van der Waals surface area contributed by atoms with E-state index in [-0.39, 0.29) is 22.4 Å². The predicted octanol–water partition coefficient (Wildman–Crippen LogP) is 4.60. The Morgan fingerprint density at radius 2 is 2.11 bits per heavy atom. The fraction of sp³-hybridized carbons (Fsp3) is 0.333. The Morgan fingerprint density at radius 1 is 1.30 bits per heavy atom. The minimum absolute atomic E-state index is 0.0111. The molecule has 1 atom stereocenters. The van der Waals surface area contributed by atoms with Gasteiger partial charge in [-0.2, -0.15) is 13.2 Å². The van der Waals surface area contributed by atoms with Gasteiger partial charge in [-0.15, -0.1) is 0 Å². The van der Waals surface area contributed by atoms with Crippen LogP contribution in [0.5, 0.6) is 0 Å². The van der Waals surface area contributed by atoms with E-state index < -0.39 is 17.6 Å². The molecule has 1 unspecified atom stereocenters. The molecule has 144 valence electrons. The van der Waals surface area contributed by atoms with Gasteiger partial charge in [0.25, 0.3) is 5.91 Å². The van der Waals surface area contributed by atoms with Crippen LogP contribution in [0.2, 0.25) is 5.02 Å². The molecule has 0 bridgehead atoms. The van der Waals surface area contributed by atoms with Crippen molar-refractivity contribution in [3.05, 3.63) is 52.8 Å². The predicted molar refractivity (Wildman–Crippen MR) is 96.1 cm³/mol. The van der Waals surface area contributed by atoms with E-state index in [0.717, 1.165) is 37.6 Å². The summed E-state index contributed by atoms with van der Waals surface area (Å²) in [5, 5.41) is 5.55. The molecule has 1 aliphatic heterocycles. The van der Waals surface area contributed by atoms with Crippen molar-refractivity contribution in [2.24, 2.45) is 0 Å². The molecule has 2 heterocycles. The summed E-state index contributed by atoms with van der Waals surface area (Å²) >= 11 is 5.91. The van der Waals surface area contributed by atoms with Gasteiger partial charge >= 0.3 is 6.18 Å². The molecular formula is C18H17ClF3N3O2. The topological polar surface area (TPSA) is 63.2 Å². The van der Waals surface area contributed by atoms with E-state index in [4.69, 9.17) is 16.3 Å². The number of alkyl halides is 3. The van der Waals surface area contributed by atoms with Crippen LogP contribution in [0.4, 0.5) is 24.5 Å². The van der Waals surface area contributed by atoms with Crippen molar-refractivity contribution < 1.29 is 22.7 Å². The first-order valence-electron chi connectivity index (χ1n) is 8.31. The fourth-order valence-corrected chi connectivity index (χ4v) is 2.85. The van der Waals surface area contributed by atoms with Crippen molar-refractivity contribution in [2.75, 3.05) is 23.8 Å². The van der Waals surface area contributed by atoms with Gasteiger partial charge in [0, 0.05) is 25.5 Å². The smallest absolute Gasteiger partial charge is 0.381 e. The quantitative estimate of drug-likeness (QED) is 0.771. The number of amides is 1. The van der Waals surface area contributed by atoms with Crippen molar-refractivity contribution in [1.82, 2.24) is 4.98 Å². The molecule has 5 nitrogen and oxygen atoms in total. The molecule has 1 amide bonds. The third-order valence-electron chi connectivity index (χ3n) is 4.10. The Bertz CT molecular complexity index is 824. The zero-order valence-corrected chi connectivity index (χ0v) is 14.9. The van der Waals surface area contributed by atoms with Crippen molar-refractivity contribution in [2.45, 2.75) is 25.1 Å². The van der Waals surface area contributed by atoms with Crippen LogP contribution in [-0.4, -0.2) is 30.1 Å². The lowest BCUT2D eigenvalue weighted by Gasteiger charge is -2.13. The maximum atomic E-state index is 12.8. The Balaban J connectivity index is 1.70. The van der Waals surface area contributed by atoms with E-state index in [1.807, 2.05) is 0 Å². The molecular weight excluding hydrogens is 383 g/mol. The molecule has 2 aromatic rings. The molecule has 2 N–H and O–H groups in total. The monoisotopic (exact) mass is 399 g/mol. The van der Waals surface area contributed by atoms with Gasteiger partial charge in [-0.25, -0.2) is 0 Å². The average molecular weight is 400 g/mol. The summed E-state index contributed by atoms with van der Waals surface area (Å²) in [5.74, 6) is -0.607. The number of pyridine rings is 1. The first kappa shape index (κ1) is 19.4. The highest BCUT2D eigenvalue weighted by molar-refractivity contribution is 6.34. The zero-order chi connectivity index (χ0) is 19.4. The molecule has 1 fully saturated rings. The third kappa shape index (κ3) is 5.11. The number of carbonyl (C=O) groups is 1. The molecule has 1 aromatic heterocycles. The highest BCUT2D eigenvalue weighted by atomic mass is 35.5. The Hall–Kier alpha value is -2.32. The number of benzene rings is 1. The summed E-state index contributed by atoms with van der Waals surface area (Å²) in [5.41, 5.74) is -0.198. The van der Waals surface area contributed by atoms with E-state index in [1.165, 1.54) is 6.20 Å². The largest absolute Gasteiger partial charge is 0.416 e. The number of hydrogen-bond donors (Lipinski definition) is 2. The van der Waals surface area contributed by atoms with Crippen LogP contribution in [-0.2, 0) is 10.9 Å². The second-order valence-electron chi connectivity index (χ2n) is 6.12. The number of halogens is 4. The molecule has 0 saturated carbocycles. The molecule has 0 radical (unpaired) electrons. The van der Waals surface area contributed by atoms with Gasteiger partial charge < -0.3 is 15.4 Å². The minimum Gasteiger partial charge on any atom is -0.381 e. The van der Waals surface area contributed by atoms with Crippen molar-refractivity contribution in [3.63, 3.8) is 0 Å². The molecule has 0 spiro atoms. The summed E-state index contributed by atoms with van der Waals surface area (Å²) in [4.78, 5) is 16.4. The Kier molecular flexibility index (Phi) is 5.86. The normalized spacial score (nSPS) is 17.0. The standard InChI is InChI=1S/C18H17ClF3N3O2/c19-15-4-3-12(18(20,21)22)7-16(15)25-17(26)11-6-13(9-23-8-11)24-10-14-2-1-5-27-14/h3-4,6-9,14,24H,1-2,5,10H2,(H,25,26). The van der Waals surface area contributed by atoms with Crippen molar-refractivity contribution in [3.8, 4) is 0 Å². The molecule has 3 rings (SSSR count). The summed E-state index contributed by atoms with van der Waals surface area (Å²) in [6, 6.07) is 4.32. The number of ether oxygens (including phenoxy) is 1. The highest BCUT2D eigenvalue weighted by Crippen LogP contribution is 2.34. The van der Waals surface area contributed by atoms with Crippen LogP contribution in [0.25, 0.3) is 0 Å². The zero-order valence-electron chi connectivity index (χ0n) is 14.1. The molecule has 27 heavy (non-hydrogen) atoms. The average Bonchev–Trinajstić information content (AvgIpc) is 3.14. The maximum Gasteiger partial charge on any atom is 0.416 e. The number of nitrogens with one attached hydrogen (secondary N) is 2. The van der Waals surface area contributed by atoms with Gasteiger partial charge in [0.05, 0.1) is 33.6 Å². The maximum absolute atomic E-state index is 12.8. The first-order valence-corrected chi connectivity index (χ1v) is 8.69. The van der Waals surface area contributed by atoms with Crippen LogP contribution in [0.15, 0.2) is 36.7 Å². The lowest BCUT2D eigenvalue weighted by atomic mass is 10.1. The molecule has 0 aliphatic carbocycles. The Morgan fingerprint density at radius 3 is 2.81 bits per heavy atom. The van der Waals surface area contributed by atoms with Crippen LogP contribution < -0.4 is 10.6 Å². The number of carbonyl (C=O) groups excluding carboxylic acids is 1. The minimum atomic E-state index is -4.53. The van der Waals surface area contributed by atoms with Gasteiger partial charge in [-0.1, -0.05) is 11.6 Å². The van der Waals surface area contributed by atoms with Crippen molar-refractivity contribution in [1.29, 1.82) is 0 Å². The van der Waals surface area contributed by atoms with Gasteiger partial charge in [-0.3, -0.25) is 9.78 Å². The first-order chi connectivity index (χ1) is 12.8. The number of hydrogen-bond acceptors (Lipinski definition) is 4. The molecule has 1 aromatic carbocycles. The molecule has 1 aliphatic rings. The lowest BCUT2D eigenvalue weighted by Crippen LogP contribution is -2.19. The number of rotatable bonds is 5. The van der Waals surface area contributed by atoms with E-state index in [2.05, 4.69) is 15.6 Å². The van der Waals surface area contributed by atoms with Crippen LogP contribution in [0, 0.1) is 0 Å². The van der Waals surface area contributed by atoms with E-state index in [0.29, 0.717) is 12.2 Å². The summed E-state index contributed by atoms with van der Waals surface area (Å²) < 4.78 is 44.0. The van der Waals surface area contributed by atoms with E-state index >= 15 is 0 Å². The van der Waals surface area contributed by atoms with Gasteiger partial charge in [0.2, 0.25) is 0 Å². The lowest BCUT2D eigenvalue weighted by molar-refractivity contribution is -0.137. The highest BCUT2D eigenvalue weighted by Gasteiger charge is 2.31. The summed E-state index contributed by atoms with van der Waals surface area (Å²) in [6.07, 6.45) is 0.459. The number of anilines is 2. The molecule has 9 heteroatoms. The van der Waals surface area contributed by atoms with E-state index in [9.17, 15) is 18.0 Å².